The number of rotatable bonds is 3. The third-order valence-corrected chi connectivity index (χ3v) is 6.02. The van der Waals surface area contributed by atoms with Crippen molar-refractivity contribution in [3.63, 3.8) is 0 Å². The molecule has 5 heteroatoms. The molecule has 0 bridgehead atoms. The number of amides is 1. The molecule has 2 aromatic heterocycles. The van der Waals surface area contributed by atoms with Gasteiger partial charge in [0.25, 0.3) is 0 Å². The molecule has 0 aliphatic carbocycles. The number of piperidine rings is 1. The van der Waals surface area contributed by atoms with Crippen molar-refractivity contribution in [2.24, 2.45) is 11.8 Å². The van der Waals surface area contributed by atoms with Crippen LogP contribution in [-0.2, 0) is 16.8 Å². The van der Waals surface area contributed by atoms with E-state index in [-0.39, 0.29) is 11.4 Å². The Labute approximate surface area is 169 Å². The Morgan fingerprint density at radius 2 is 1.68 bits per heavy atom. The third-order valence-electron chi connectivity index (χ3n) is 6.02. The highest BCUT2D eigenvalue weighted by atomic mass is 16.2. The van der Waals surface area contributed by atoms with Gasteiger partial charge in [-0.15, -0.1) is 0 Å². The summed E-state index contributed by atoms with van der Waals surface area (Å²) in [5, 5.41) is 5.91. The van der Waals surface area contributed by atoms with Gasteiger partial charge in [-0.3, -0.25) is 4.79 Å². The van der Waals surface area contributed by atoms with Gasteiger partial charge in [-0.05, 0) is 77.3 Å². The molecule has 1 amide bonds. The number of fused-ring (bicyclic) bond motifs is 1. The van der Waals surface area contributed by atoms with E-state index < -0.39 is 0 Å². The number of carbonyl (C=O) groups is 1. The van der Waals surface area contributed by atoms with Crippen molar-refractivity contribution in [2.75, 3.05) is 13.1 Å². The summed E-state index contributed by atoms with van der Waals surface area (Å²) >= 11 is 0. The van der Waals surface area contributed by atoms with E-state index in [1.807, 2.05) is 4.68 Å². The lowest BCUT2D eigenvalue weighted by atomic mass is 9.91. The zero-order valence-corrected chi connectivity index (χ0v) is 18.9. The second-order valence-electron chi connectivity index (χ2n) is 9.91. The van der Waals surface area contributed by atoms with Crippen molar-refractivity contribution >= 4 is 16.9 Å². The minimum Gasteiger partial charge on any atom is -0.342 e. The van der Waals surface area contributed by atoms with Crippen molar-refractivity contribution in [1.82, 2.24) is 19.7 Å². The van der Waals surface area contributed by atoms with E-state index in [2.05, 4.69) is 60.3 Å². The Kier molecular flexibility index (Phi) is 5.57. The molecule has 1 aliphatic heterocycles. The first-order valence-electron chi connectivity index (χ1n) is 10.6. The fourth-order valence-corrected chi connectivity index (χ4v) is 4.80. The molecule has 2 atom stereocenters. The number of aryl methyl sites for hydroxylation is 3. The Morgan fingerprint density at radius 3 is 2.25 bits per heavy atom. The molecule has 154 valence electrons. The van der Waals surface area contributed by atoms with E-state index in [0.717, 1.165) is 41.9 Å². The predicted molar refractivity (Wildman–Crippen MR) is 115 cm³/mol. The van der Waals surface area contributed by atoms with Gasteiger partial charge in [0.05, 0.1) is 11.2 Å². The standard InChI is InChI=1S/C23H36N4O/c1-14-11-15(2)13-26(12-14)20(28)10-9-19-16(3)21-18(5)25-27(23(6,7)8)22(21)24-17(19)4/h14-15H,9-13H2,1-8H3/t14-,15-/m0/s1. The van der Waals surface area contributed by atoms with Crippen molar-refractivity contribution in [2.45, 2.75) is 80.2 Å². The summed E-state index contributed by atoms with van der Waals surface area (Å²) in [5.41, 5.74) is 5.30. The van der Waals surface area contributed by atoms with Gasteiger partial charge in [0, 0.05) is 30.6 Å². The molecule has 0 aromatic carbocycles. The van der Waals surface area contributed by atoms with Crippen LogP contribution in [0.4, 0.5) is 0 Å². The van der Waals surface area contributed by atoms with Crippen LogP contribution in [0.2, 0.25) is 0 Å². The molecular formula is C23H36N4O. The first kappa shape index (κ1) is 20.8. The average molecular weight is 385 g/mol. The van der Waals surface area contributed by atoms with E-state index in [9.17, 15) is 4.79 Å². The lowest BCUT2D eigenvalue weighted by Gasteiger charge is -2.35. The van der Waals surface area contributed by atoms with E-state index in [0.29, 0.717) is 18.3 Å². The molecule has 1 fully saturated rings. The highest BCUT2D eigenvalue weighted by Crippen LogP contribution is 2.30. The number of hydrogen-bond acceptors (Lipinski definition) is 3. The van der Waals surface area contributed by atoms with Crippen LogP contribution < -0.4 is 0 Å². The van der Waals surface area contributed by atoms with E-state index in [1.165, 1.54) is 17.5 Å². The normalized spacial score (nSPS) is 20.8. The fraction of sp³-hybridized carbons (Fsp3) is 0.696. The van der Waals surface area contributed by atoms with Crippen molar-refractivity contribution < 1.29 is 4.79 Å². The molecule has 1 saturated heterocycles. The Morgan fingerprint density at radius 1 is 1.07 bits per heavy atom. The van der Waals surface area contributed by atoms with Crippen molar-refractivity contribution in [3.05, 3.63) is 22.5 Å². The molecule has 0 saturated carbocycles. The van der Waals surface area contributed by atoms with Gasteiger partial charge in [0.15, 0.2) is 5.65 Å². The quantitative estimate of drug-likeness (QED) is 0.780. The summed E-state index contributed by atoms with van der Waals surface area (Å²) in [6.45, 7) is 19.0. The predicted octanol–water partition coefficient (Wildman–Crippen LogP) is 4.55. The lowest BCUT2D eigenvalue weighted by Crippen LogP contribution is -2.42. The summed E-state index contributed by atoms with van der Waals surface area (Å²) in [5.74, 6) is 1.47. The van der Waals surface area contributed by atoms with E-state index in [1.54, 1.807) is 0 Å². The summed E-state index contributed by atoms with van der Waals surface area (Å²) in [7, 11) is 0. The maximum absolute atomic E-state index is 12.8. The maximum atomic E-state index is 12.8. The van der Waals surface area contributed by atoms with Gasteiger partial charge in [0.2, 0.25) is 5.91 Å². The molecule has 3 heterocycles. The number of carbonyl (C=O) groups excluding carboxylic acids is 1. The van der Waals surface area contributed by atoms with Crippen molar-refractivity contribution in [3.8, 4) is 0 Å². The van der Waals surface area contributed by atoms with Gasteiger partial charge in [0.1, 0.15) is 0 Å². The van der Waals surface area contributed by atoms with Gasteiger partial charge in [-0.25, -0.2) is 9.67 Å². The summed E-state index contributed by atoms with van der Waals surface area (Å²) in [4.78, 5) is 19.8. The van der Waals surface area contributed by atoms with Crippen LogP contribution in [0, 0.1) is 32.6 Å². The summed E-state index contributed by atoms with van der Waals surface area (Å²) < 4.78 is 2.03. The Balaban J connectivity index is 1.86. The SMILES string of the molecule is Cc1nc2c(c(C)nn2C(C)(C)C)c(C)c1CCC(=O)N1C[C@@H](C)C[C@H](C)C1. The minimum atomic E-state index is -0.114. The average Bonchev–Trinajstić information content (AvgIpc) is 2.90. The topological polar surface area (TPSA) is 51.0 Å². The number of likely N-dealkylation sites (tertiary alicyclic amines) is 1. The number of pyridine rings is 1. The molecule has 3 rings (SSSR count). The van der Waals surface area contributed by atoms with Crippen molar-refractivity contribution in [1.29, 1.82) is 0 Å². The molecule has 0 unspecified atom stereocenters. The van der Waals surface area contributed by atoms with Gasteiger partial charge >= 0.3 is 0 Å². The van der Waals surface area contributed by atoms with Gasteiger partial charge in [-0.2, -0.15) is 5.10 Å². The largest absolute Gasteiger partial charge is 0.342 e. The highest BCUT2D eigenvalue weighted by Gasteiger charge is 2.26. The minimum absolute atomic E-state index is 0.114. The first-order valence-corrected chi connectivity index (χ1v) is 10.6. The Bertz CT molecular complexity index is 880. The van der Waals surface area contributed by atoms with Gasteiger partial charge in [-0.1, -0.05) is 13.8 Å². The fourth-order valence-electron chi connectivity index (χ4n) is 4.80. The molecule has 0 spiro atoms. The van der Waals surface area contributed by atoms with Crippen LogP contribution in [0.3, 0.4) is 0 Å². The van der Waals surface area contributed by atoms with Gasteiger partial charge < -0.3 is 4.90 Å². The Hall–Kier alpha value is -1.91. The number of aromatic nitrogens is 3. The highest BCUT2D eigenvalue weighted by molar-refractivity contribution is 5.84. The molecular weight excluding hydrogens is 348 g/mol. The second-order valence-corrected chi connectivity index (χ2v) is 9.91. The second kappa shape index (κ2) is 7.49. The molecule has 0 radical (unpaired) electrons. The monoisotopic (exact) mass is 384 g/mol. The van der Waals surface area contributed by atoms with E-state index in [4.69, 9.17) is 10.1 Å². The van der Waals surface area contributed by atoms with Crippen LogP contribution >= 0.6 is 0 Å². The van der Waals surface area contributed by atoms with Crippen LogP contribution in [0.1, 0.15) is 70.0 Å². The zero-order valence-electron chi connectivity index (χ0n) is 18.9. The summed E-state index contributed by atoms with van der Waals surface area (Å²) in [6, 6.07) is 0. The van der Waals surface area contributed by atoms with Crippen LogP contribution in [0.15, 0.2) is 0 Å². The number of nitrogens with zero attached hydrogens (tertiary/aromatic N) is 4. The lowest BCUT2D eigenvalue weighted by molar-refractivity contribution is -0.133. The molecule has 2 aromatic rings. The van der Waals surface area contributed by atoms with Crippen LogP contribution in [-0.4, -0.2) is 38.7 Å². The molecule has 28 heavy (non-hydrogen) atoms. The molecule has 1 aliphatic rings. The zero-order chi connectivity index (χ0) is 20.8. The first-order chi connectivity index (χ1) is 13.0. The number of hydrogen-bond donors (Lipinski definition) is 0. The maximum Gasteiger partial charge on any atom is 0.222 e. The molecule has 5 nitrogen and oxygen atoms in total. The van der Waals surface area contributed by atoms with Crippen LogP contribution in [0.5, 0.6) is 0 Å². The van der Waals surface area contributed by atoms with E-state index >= 15 is 0 Å². The molecule has 0 N–H and O–H groups in total. The third kappa shape index (κ3) is 3.94. The van der Waals surface area contributed by atoms with Crippen LogP contribution in [0.25, 0.3) is 11.0 Å². The smallest absolute Gasteiger partial charge is 0.222 e. The summed E-state index contributed by atoms with van der Waals surface area (Å²) in [6.07, 6.45) is 2.53.